The van der Waals surface area contributed by atoms with Crippen LogP contribution in [0.3, 0.4) is 0 Å². The lowest BCUT2D eigenvalue weighted by Gasteiger charge is -2.06. The number of carbonyl (C=O) groups is 1. The maximum Gasteiger partial charge on any atom is 0.345 e. The molecule has 0 aliphatic heterocycles. The van der Waals surface area contributed by atoms with E-state index in [1.807, 2.05) is 0 Å². The number of aryl methyl sites for hydroxylation is 1. The van der Waals surface area contributed by atoms with Crippen molar-refractivity contribution < 1.29 is 14.6 Å². The SMILES string of the molecule is Cn1cnn(CCOc2ccc(CC(=O)O)cc2)c1=O. The summed E-state index contributed by atoms with van der Waals surface area (Å²) in [6.07, 6.45) is 1.44. The lowest BCUT2D eigenvalue weighted by Crippen LogP contribution is -2.25. The molecule has 7 nitrogen and oxygen atoms in total. The number of aliphatic carboxylic acids is 1. The Morgan fingerprint density at radius 1 is 1.35 bits per heavy atom. The van der Waals surface area contributed by atoms with Gasteiger partial charge >= 0.3 is 11.7 Å². The zero-order valence-corrected chi connectivity index (χ0v) is 11.0. The van der Waals surface area contributed by atoms with Gasteiger partial charge in [0, 0.05) is 7.05 Å². The van der Waals surface area contributed by atoms with Gasteiger partial charge in [-0.2, -0.15) is 5.10 Å². The fourth-order valence-electron chi connectivity index (χ4n) is 1.70. The molecule has 20 heavy (non-hydrogen) atoms. The monoisotopic (exact) mass is 277 g/mol. The maximum atomic E-state index is 11.5. The minimum Gasteiger partial charge on any atom is -0.492 e. The summed E-state index contributed by atoms with van der Waals surface area (Å²) in [6.45, 7) is 0.672. The van der Waals surface area contributed by atoms with Crippen molar-refractivity contribution in [3.8, 4) is 5.75 Å². The van der Waals surface area contributed by atoms with Crippen LogP contribution in [0.25, 0.3) is 0 Å². The average Bonchev–Trinajstić information content (AvgIpc) is 2.72. The lowest BCUT2D eigenvalue weighted by molar-refractivity contribution is -0.136. The highest BCUT2D eigenvalue weighted by molar-refractivity contribution is 5.70. The first-order chi connectivity index (χ1) is 9.56. The van der Waals surface area contributed by atoms with E-state index in [0.29, 0.717) is 24.5 Å². The molecule has 0 radical (unpaired) electrons. The Morgan fingerprint density at radius 2 is 2.05 bits per heavy atom. The van der Waals surface area contributed by atoms with Crippen molar-refractivity contribution in [3.05, 3.63) is 46.6 Å². The fourth-order valence-corrected chi connectivity index (χ4v) is 1.70. The van der Waals surface area contributed by atoms with E-state index in [2.05, 4.69) is 5.10 Å². The van der Waals surface area contributed by atoms with Crippen LogP contribution < -0.4 is 10.4 Å². The van der Waals surface area contributed by atoms with Gasteiger partial charge in [-0.25, -0.2) is 9.48 Å². The quantitative estimate of drug-likeness (QED) is 0.820. The van der Waals surface area contributed by atoms with E-state index in [4.69, 9.17) is 9.84 Å². The molecule has 0 amide bonds. The smallest absolute Gasteiger partial charge is 0.345 e. The van der Waals surface area contributed by atoms with E-state index in [0.717, 1.165) is 0 Å². The molecule has 0 aliphatic rings. The predicted octanol–water partition coefficient (Wildman–Crippen LogP) is 0.288. The molecule has 0 unspecified atom stereocenters. The largest absolute Gasteiger partial charge is 0.492 e. The average molecular weight is 277 g/mol. The van der Waals surface area contributed by atoms with Crippen LogP contribution >= 0.6 is 0 Å². The van der Waals surface area contributed by atoms with E-state index in [-0.39, 0.29) is 12.1 Å². The van der Waals surface area contributed by atoms with E-state index in [1.165, 1.54) is 15.6 Å². The molecular weight excluding hydrogens is 262 g/mol. The van der Waals surface area contributed by atoms with Crippen LogP contribution in [0.1, 0.15) is 5.56 Å². The number of hydrogen-bond donors (Lipinski definition) is 1. The molecular formula is C13H15N3O4. The number of carboxylic acids is 1. The second kappa shape index (κ2) is 6.05. The van der Waals surface area contributed by atoms with Gasteiger partial charge in [0.05, 0.1) is 13.0 Å². The summed E-state index contributed by atoms with van der Waals surface area (Å²) in [5.74, 6) is -0.240. The Balaban J connectivity index is 1.86. The van der Waals surface area contributed by atoms with Crippen LogP contribution in [0.2, 0.25) is 0 Å². The Kier molecular flexibility index (Phi) is 4.19. The van der Waals surface area contributed by atoms with Gasteiger partial charge in [0.1, 0.15) is 18.7 Å². The molecule has 0 bridgehead atoms. The standard InChI is InChI=1S/C13H15N3O4/c1-15-9-14-16(13(15)19)6-7-20-11-4-2-10(3-5-11)8-12(17)18/h2-5,9H,6-8H2,1H3,(H,17,18). The van der Waals surface area contributed by atoms with Crippen molar-refractivity contribution in [2.24, 2.45) is 7.05 Å². The summed E-state index contributed by atoms with van der Waals surface area (Å²) < 4.78 is 8.19. The summed E-state index contributed by atoms with van der Waals surface area (Å²) in [4.78, 5) is 22.1. The molecule has 0 spiro atoms. The van der Waals surface area contributed by atoms with Gasteiger partial charge in [0.15, 0.2) is 0 Å². The third-order valence-electron chi connectivity index (χ3n) is 2.74. The molecule has 0 saturated carbocycles. The second-order valence-electron chi connectivity index (χ2n) is 4.31. The molecule has 7 heteroatoms. The summed E-state index contributed by atoms with van der Waals surface area (Å²) in [5, 5.41) is 12.6. The molecule has 0 fully saturated rings. The highest BCUT2D eigenvalue weighted by Crippen LogP contribution is 2.12. The number of rotatable bonds is 6. The van der Waals surface area contributed by atoms with E-state index in [1.54, 1.807) is 31.3 Å². The van der Waals surface area contributed by atoms with Gasteiger partial charge in [0.25, 0.3) is 0 Å². The first kappa shape index (κ1) is 13.9. The van der Waals surface area contributed by atoms with Gasteiger partial charge < -0.3 is 9.84 Å². The highest BCUT2D eigenvalue weighted by atomic mass is 16.5. The van der Waals surface area contributed by atoms with Crippen LogP contribution in [0.15, 0.2) is 35.4 Å². The first-order valence-corrected chi connectivity index (χ1v) is 6.08. The fraction of sp³-hybridized carbons (Fsp3) is 0.308. The van der Waals surface area contributed by atoms with Gasteiger partial charge in [-0.05, 0) is 17.7 Å². The molecule has 1 aromatic carbocycles. The predicted molar refractivity (Wildman–Crippen MR) is 70.7 cm³/mol. The second-order valence-corrected chi connectivity index (χ2v) is 4.31. The van der Waals surface area contributed by atoms with Crippen LogP contribution in [-0.4, -0.2) is 32.0 Å². The summed E-state index contributed by atoms with van der Waals surface area (Å²) >= 11 is 0. The summed E-state index contributed by atoms with van der Waals surface area (Å²) in [6, 6.07) is 6.83. The number of carboxylic acid groups (broad SMARTS) is 1. The number of ether oxygens (including phenoxy) is 1. The molecule has 1 N–H and O–H groups in total. The van der Waals surface area contributed by atoms with Gasteiger partial charge in [-0.3, -0.25) is 9.36 Å². The number of nitrogens with zero attached hydrogens (tertiary/aromatic N) is 3. The number of benzene rings is 1. The topological polar surface area (TPSA) is 86.3 Å². The van der Waals surface area contributed by atoms with Crippen LogP contribution in [0.4, 0.5) is 0 Å². The minimum absolute atomic E-state index is 0.0103. The Bertz CT molecular complexity index is 642. The van der Waals surface area contributed by atoms with Crippen molar-refractivity contribution in [2.75, 3.05) is 6.61 Å². The molecule has 0 saturated heterocycles. The van der Waals surface area contributed by atoms with Crippen molar-refractivity contribution >= 4 is 5.97 Å². The lowest BCUT2D eigenvalue weighted by atomic mass is 10.1. The summed E-state index contributed by atoms with van der Waals surface area (Å²) in [7, 11) is 1.63. The van der Waals surface area contributed by atoms with E-state index in [9.17, 15) is 9.59 Å². The Morgan fingerprint density at radius 3 is 2.60 bits per heavy atom. The van der Waals surface area contributed by atoms with Crippen molar-refractivity contribution in [2.45, 2.75) is 13.0 Å². The molecule has 0 aliphatic carbocycles. The number of aromatic nitrogens is 3. The summed E-state index contributed by atoms with van der Waals surface area (Å²) in [5.41, 5.74) is 0.524. The molecule has 1 aromatic heterocycles. The van der Waals surface area contributed by atoms with Crippen molar-refractivity contribution in [3.63, 3.8) is 0 Å². The normalized spacial score (nSPS) is 10.4. The van der Waals surface area contributed by atoms with Crippen LogP contribution in [0.5, 0.6) is 5.75 Å². The van der Waals surface area contributed by atoms with Crippen molar-refractivity contribution in [1.82, 2.24) is 14.3 Å². The maximum absolute atomic E-state index is 11.5. The number of hydrogen-bond acceptors (Lipinski definition) is 4. The zero-order valence-electron chi connectivity index (χ0n) is 11.0. The van der Waals surface area contributed by atoms with Gasteiger partial charge in [-0.15, -0.1) is 0 Å². The van der Waals surface area contributed by atoms with Gasteiger partial charge in [-0.1, -0.05) is 12.1 Å². The van der Waals surface area contributed by atoms with E-state index >= 15 is 0 Å². The first-order valence-electron chi connectivity index (χ1n) is 6.08. The highest BCUT2D eigenvalue weighted by Gasteiger charge is 2.03. The molecule has 1 heterocycles. The van der Waals surface area contributed by atoms with E-state index < -0.39 is 5.97 Å². The van der Waals surface area contributed by atoms with Gasteiger partial charge in [0.2, 0.25) is 0 Å². The third kappa shape index (κ3) is 3.47. The molecule has 0 atom stereocenters. The van der Waals surface area contributed by atoms with Crippen LogP contribution in [-0.2, 0) is 24.8 Å². The minimum atomic E-state index is -0.867. The molecule has 2 rings (SSSR count). The van der Waals surface area contributed by atoms with Crippen LogP contribution in [0, 0.1) is 0 Å². The molecule has 106 valence electrons. The third-order valence-corrected chi connectivity index (χ3v) is 2.74. The Hall–Kier alpha value is -2.57. The Labute approximate surface area is 115 Å². The zero-order chi connectivity index (χ0) is 14.5. The van der Waals surface area contributed by atoms with Crippen molar-refractivity contribution in [1.29, 1.82) is 0 Å². The molecule has 2 aromatic rings.